The lowest BCUT2D eigenvalue weighted by Crippen LogP contribution is -2.06. The lowest BCUT2D eigenvalue weighted by molar-refractivity contribution is -0.114. The van der Waals surface area contributed by atoms with Crippen LogP contribution in [0.15, 0.2) is 11.6 Å². The highest BCUT2D eigenvalue weighted by molar-refractivity contribution is 5.94. The fourth-order valence-corrected chi connectivity index (χ4v) is 1.55. The second-order valence-electron chi connectivity index (χ2n) is 2.89. The quantitative estimate of drug-likeness (QED) is 0.574. The Balaban J connectivity index is 2.62. The van der Waals surface area contributed by atoms with Gasteiger partial charge in [-0.05, 0) is 31.3 Å². The van der Waals surface area contributed by atoms with Gasteiger partial charge in [-0.25, -0.2) is 0 Å². The van der Waals surface area contributed by atoms with Gasteiger partial charge in [-0.3, -0.25) is 4.79 Å². The number of aldehydes is 1. The molecule has 1 atom stereocenters. The third kappa shape index (κ3) is 1.76. The average Bonchev–Trinajstić information content (AvgIpc) is 2.36. The van der Waals surface area contributed by atoms with Crippen LogP contribution < -0.4 is 0 Å². The van der Waals surface area contributed by atoms with E-state index in [9.17, 15) is 9.59 Å². The van der Waals surface area contributed by atoms with E-state index in [4.69, 9.17) is 0 Å². The first-order valence-electron chi connectivity index (χ1n) is 3.90. The van der Waals surface area contributed by atoms with Crippen LogP contribution in [0, 0.1) is 5.92 Å². The minimum Gasteiger partial charge on any atom is -0.303 e. The van der Waals surface area contributed by atoms with Gasteiger partial charge in [0, 0.05) is 6.42 Å². The zero-order chi connectivity index (χ0) is 8.27. The molecule has 11 heavy (non-hydrogen) atoms. The van der Waals surface area contributed by atoms with Gasteiger partial charge in [-0.2, -0.15) is 0 Å². The summed E-state index contributed by atoms with van der Waals surface area (Å²) in [6, 6.07) is 0. The van der Waals surface area contributed by atoms with Crippen molar-refractivity contribution in [2.24, 2.45) is 5.92 Å². The van der Waals surface area contributed by atoms with Gasteiger partial charge in [-0.15, -0.1) is 0 Å². The Morgan fingerprint density at radius 2 is 2.55 bits per heavy atom. The number of ketones is 1. The molecule has 0 aromatic rings. The van der Waals surface area contributed by atoms with Crippen LogP contribution in [0.1, 0.15) is 26.2 Å². The van der Waals surface area contributed by atoms with Crippen LogP contribution in [0.5, 0.6) is 0 Å². The molecule has 0 radical (unpaired) electrons. The molecule has 0 aliphatic heterocycles. The van der Waals surface area contributed by atoms with Gasteiger partial charge in [0.05, 0.1) is 0 Å². The highest BCUT2D eigenvalue weighted by Crippen LogP contribution is 2.28. The Morgan fingerprint density at radius 1 is 1.82 bits per heavy atom. The normalized spacial score (nSPS) is 23.0. The van der Waals surface area contributed by atoms with Gasteiger partial charge >= 0.3 is 0 Å². The lowest BCUT2D eigenvalue weighted by Gasteiger charge is -2.07. The minimum atomic E-state index is 0.120. The van der Waals surface area contributed by atoms with E-state index in [0.29, 0.717) is 6.42 Å². The topological polar surface area (TPSA) is 34.1 Å². The van der Waals surface area contributed by atoms with Crippen molar-refractivity contribution < 1.29 is 9.59 Å². The van der Waals surface area contributed by atoms with Crippen molar-refractivity contribution in [2.75, 3.05) is 0 Å². The molecule has 0 heterocycles. The number of rotatable bonds is 3. The van der Waals surface area contributed by atoms with E-state index in [1.165, 1.54) is 0 Å². The van der Waals surface area contributed by atoms with E-state index in [0.717, 1.165) is 24.7 Å². The summed E-state index contributed by atoms with van der Waals surface area (Å²) in [7, 11) is 0. The molecule has 60 valence electrons. The van der Waals surface area contributed by atoms with Crippen LogP contribution in [0.2, 0.25) is 0 Å². The monoisotopic (exact) mass is 152 g/mol. The fourth-order valence-electron chi connectivity index (χ4n) is 1.55. The summed E-state index contributed by atoms with van der Waals surface area (Å²) in [4.78, 5) is 21.1. The van der Waals surface area contributed by atoms with Crippen LogP contribution in [0.4, 0.5) is 0 Å². The first kappa shape index (κ1) is 8.18. The number of hydrogen-bond donors (Lipinski definition) is 0. The summed E-state index contributed by atoms with van der Waals surface area (Å²) in [5.41, 5.74) is 0.858. The van der Waals surface area contributed by atoms with Crippen molar-refractivity contribution in [2.45, 2.75) is 26.2 Å². The van der Waals surface area contributed by atoms with Crippen molar-refractivity contribution in [3.05, 3.63) is 11.6 Å². The van der Waals surface area contributed by atoms with Crippen molar-refractivity contribution in [3.8, 4) is 0 Å². The minimum absolute atomic E-state index is 0.120. The number of hydrogen-bond acceptors (Lipinski definition) is 2. The van der Waals surface area contributed by atoms with Crippen LogP contribution in [-0.2, 0) is 9.59 Å². The maximum atomic E-state index is 10.9. The van der Waals surface area contributed by atoms with E-state index in [2.05, 4.69) is 0 Å². The zero-order valence-corrected chi connectivity index (χ0v) is 6.67. The number of carbonyl (C=O) groups is 2. The molecule has 0 fully saturated rings. The molecule has 0 amide bonds. The maximum Gasteiger partial charge on any atom is 0.155 e. The molecular weight excluding hydrogens is 140 g/mol. The highest BCUT2D eigenvalue weighted by atomic mass is 16.1. The van der Waals surface area contributed by atoms with Gasteiger partial charge in [0.25, 0.3) is 0 Å². The Morgan fingerprint density at radius 3 is 3.09 bits per heavy atom. The molecule has 1 unspecified atom stereocenters. The third-order valence-corrected chi connectivity index (χ3v) is 2.11. The molecule has 0 aromatic carbocycles. The molecule has 1 aliphatic carbocycles. The Hall–Kier alpha value is -0.920. The Bertz CT molecular complexity index is 204. The summed E-state index contributed by atoms with van der Waals surface area (Å²) < 4.78 is 0. The molecular formula is C9H12O2. The summed E-state index contributed by atoms with van der Waals surface area (Å²) in [6.45, 7) is 1.56. The molecule has 1 aliphatic rings. The predicted octanol–water partition coefficient (Wildman–Crippen LogP) is 1.50. The summed E-state index contributed by atoms with van der Waals surface area (Å²) >= 11 is 0. The molecule has 2 heteroatoms. The van der Waals surface area contributed by atoms with E-state index in [-0.39, 0.29) is 11.7 Å². The number of Topliss-reactive ketones (excluding diaryl/α,β-unsaturated/α-hetero) is 1. The number of allylic oxidation sites excluding steroid dienone is 2. The van der Waals surface area contributed by atoms with E-state index < -0.39 is 0 Å². The second kappa shape index (κ2) is 3.46. The standard InChI is InChI=1S/C9H12O2/c1-7(11)9-4-2-3-8(9)5-6-10/h4,6,8H,2-3,5H2,1H3. The van der Waals surface area contributed by atoms with Gasteiger partial charge in [-0.1, -0.05) is 6.08 Å². The molecule has 0 bridgehead atoms. The lowest BCUT2D eigenvalue weighted by atomic mass is 9.96. The van der Waals surface area contributed by atoms with E-state index in [1.807, 2.05) is 6.08 Å². The summed E-state index contributed by atoms with van der Waals surface area (Å²) in [5, 5.41) is 0. The second-order valence-corrected chi connectivity index (χ2v) is 2.89. The molecule has 0 spiro atoms. The summed E-state index contributed by atoms with van der Waals surface area (Å²) in [5.74, 6) is 0.333. The molecule has 0 aromatic heterocycles. The van der Waals surface area contributed by atoms with Gasteiger partial charge in [0.2, 0.25) is 0 Å². The fraction of sp³-hybridized carbons (Fsp3) is 0.556. The molecule has 0 N–H and O–H groups in total. The van der Waals surface area contributed by atoms with Gasteiger partial charge in [0.15, 0.2) is 5.78 Å². The molecule has 0 saturated carbocycles. The Labute approximate surface area is 66.3 Å². The third-order valence-electron chi connectivity index (χ3n) is 2.11. The van der Waals surface area contributed by atoms with Crippen molar-refractivity contribution >= 4 is 12.1 Å². The van der Waals surface area contributed by atoms with Crippen molar-refractivity contribution in [3.63, 3.8) is 0 Å². The van der Waals surface area contributed by atoms with Crippen LogP contribution in [-0.4, -0.2) is 12.1 Å². The highest BCUT2D eigenvalue weighted by Gasteiger charge is 2.21. The first-order valence-corrected chi connectivity index (χ1v) is 3.90. The first-order chi connectivity index (χ1) is 5.25. The Kier molecular flexibility index (Phi) is 2.58. The van der Waals surface area contributed by atoms with Crippen molar-refractivity contribution in [1.82, 2.24) is 0 Å². The SMILES string of the molecule is CC(=O)C1=CCCC1CC=O. The van der Waals surface area contributed by atoms with Crippen molar-refractivity contribution in [1.29, 1.82) is 0 Å². The molecule has 1 rings (SSSR count). The van der Waals surface area contributed by atoms with Crippen LogP contribution in [0.3, 0.4) is 0 Å². The smallest absolute Gasteiger partial charge is 0.155 e. The van der Waals surface area contributed by atoms with Gasteiger partial charge < -0.3 is 4.79 Å². The summed E-state index contributed by atoms with van der Waals surface area (Å²) in [6.07, 6.45) is 5.27. The predicted molar refractivity (Wildman–Crippen MR) is 42.2 cm³/mol. The molecule has 2 nitrogen and oxygen atoms in total. The van der Waals surface area contributed by atoms with Crippen LogP contribution in [0.25, 0.3) is 0 Å². The largest absolute Gasteiger partial charge is 0.303 e. The maximum absolute atomic E-state index is 10.9. The average molecular weight is 152 g/mol. The number of carbonyl (C=O) groups excluding carboxylic acids is 2. The molecule has 0 saturated heterocycles. The van der Waals surface area contributed by atoms with Crippen LogP contribution >= 0.6 is 0 Å². The zero-order valence-electron chi connectivity index (χ0n) is 6.67. The van der Waals surface area contributed by atoms with E-state index in [1.54, 1.807) is 6.92 Å². The van der Waals surface area contributed by atoms with E-state index >= 15 is 0 Å². The van der Waals surface area contributed by atoms with Gasteiger partial charge in [0.1, 0.15) is 6.29 Å².